The van der Waals surface area contributed by atoms with Crippen molar-refractivity contribution >= 4 is 5.97 Å². The third kappa shape index (κ3) is 5.89. The summed E-state index contributed by atoms with van der Waals surface area (Å²) in [4.78, 5) is 10.7. The Labute approximate surface area is 68.9 Å². The molecule has 2 heteroatoms. The van der Waals surface area contributed by atoms with Gasteiger partial charge in [0.25, 0.3) is 0 Å². The zero-order chi connectivity index (χ0) is 8.69. The quantitative estimate of drug-likeness (QED) is 0.574. The van der Waals surface area contributed by atoms with E-state index in [9.17, 15) is 4.79 Å². The van der Waals surface area contributed by atoms with Gasteiger partial charge in [0.1, 0.15) is 0 Å². The molecule has 0 amide bonds. The summed E-state index contributed by atoms with van der Waals surface area (Å²) in [5, 5.41) is 0. The van der Waals surface area contributed by atoms with Crippen LogP contribution in [0.1, 0.15) is 40.0 Å². The molecule has 66 valence electrons. The van der Waals surface area contributed by atoms with Gasteiger partial charge >= 0.3 is 5.97 Å². The molecule has 0 aliphatic carbocycles. The summed E-state index contributed by atoms with van der Waals surface area (Å²) in [5.74, 6) is 0.577. The lowest BCUT2D eigenvalue weighted by atomic mass is 10.1. The number of hydrogen-bond donors (Lipinski definition) is 0. The van der Waals surface area contributed by atoms with E-state index in [0.29, 0.717) is 18.9 Å². The zero-order valence-electron chi connectivity index (χ0n) is 7.72. The molecule has 0 saturated heterocycles. The number of ether oxygens (including phenoxy) is 1. The molecule has 0 radical (unpaired) electrons. The van der Waals surface area contributed by atoms with E-state index in [1.165, 1.54) is 0 Å². The van der Waals surface area contributed by atoms with Crippen LogP contribution in [0.2, 0.25) is 0 Å². The van der Waals surface area contributed by atoms with Crippen LogP contribution in [0.3, 0.4) is 0 Å². The van der Waals surface area contributed by atoms with Crippen molar-refractivity contribution < 1.29 is 9.53 Å². The van der Waals surface area contributed by atoms with Crippen LogP contribution in [0.25, 0.3) is 0 Å². The number of esters is 1. The normalized spacial score (nSPS) is 12.6. The first-order valence-corrected chi connectivity index (χ1v) is 4.36. The molecule has 0 spiro atoms. The van der Waals surface area contributed by atoms with Gasteiger partial charge in [-0.3, -0.25) is 4.79 Å². The number of carbonyl (C=O) groups is 1. The molecular formula is C9H18O2. The highest BCUT2D eigenvalue weighted by molar-refractivity contribution is 5.68. The van der Waals surface area contributed by atoms with E-state index in [2.05, 4.69) is 13.8 Å². The first-order valence-electron chi connectivity index (χ1n) is 4.36. The molecule has 1 atom stereocenters. The molecular weight excluding hydrogens is 140 g/mol. The van der Waals surface area contributed by atoms with Crippen LogP contribution >= 0.6 is 0 Å². The fourth-order valence-corrected chi connectivity index (χ4v) is 0.680. The van der Waals surface area contributed by atoms with Gasteiger partial charge < -0.3 is 4.74 Å². The summed E-state index contributed by atoms with van der Waals surface area (Å²) in [7, 11) is 0. The smallest absolute Gasteiger partial charge is 0.305 e. The van der Waals surface area contributed by atoms with E-state index in [0.717, 1.165) is 12.8 Å². The Morgan fingerprint density at radius 2 is 2.09 bits per heavy atom. The minimum Gasteiger partial charge on any atom is -0.466 e. The van der Waals surface area contributed by atoms with Gasteiger partial charge in [-0.2, -0.15) is 0 Å². The second-order valence-electron chi connectivity index (χ2n) is 2.88. The predicted octanol–water partition coefficient (Wildman–Crippen LogP) is 2.38. The van der Waals surface area contributed by atoms with Gasteiger partial charge in [0, 0.05) is 6.42 Å². The van der Waals surface area contributed by atoms with E-state index < -0.39 is 0 Å². The molecule has 0 rings (SSSR count). The van der Waals surface area contributed by atoms with E-state index in [4.69, 9.17) is 4.74 Å². The molecule has 0 heterocycles. The molecule has 0 aliphatic heterocycles. The molecule has 0 saturated carbocycles. The predicted molar refractivity (Wildman–Crippen MR) is 45.3 cm³/mol. The molecule has 0 N–H and O–H groups in total. The lowest BCUT2D eigenvalue weighted by Crippen LogP contribution is -2.06. The molecule has 0 bridgehead atoms. The summed E-state index contributed by atoms with van der Waals surface area (Å²) in [6.45, 7) is 6.71. The van der Waals surface area contributed by atoms with Crippen molar-refractivity contribution in [2.45, 2.75) is 40.0 Å². The van der Waals surface area contributed by atoms with Crippen LogP contribution in [0.15, 0.2) is 0 Å². The van der Waals surface area contributed by atoms with Crippen molar-refractivity contribution in [3.05, 3.63) is 0 Å². The third-order valence-electron chi connectivity index (χ3n) is 1.86. The SMILES string of the molecule is CCC(=O)OCC[C@@H](C)CC. The standard InChI is InChI=1S/C9H18O2/c1-4-8(3)6-7-11-9(10)5-2/h8H,4-7H2,1-3H3/t8-/m0/s1. The number of rotatable bonds is 5. The first kappa shape index (κ1) is 10.5. The highest BCUT2D eigenvalue weighted by atomic mass is 16.5. The van der Waals surface area contributed by atoms with Crippen molar-refractivity contribution in [3.63, 3.8) is 0 Å². The van der Waals surface area contributed by atoms with Gasteiger partial charge in [0.15, 0.2) is 0 Å². The second kappa shape index (κ2) is 6.20. The lowest BCUT2D eigenvalue weighted by Gasteiger charge is -2.07. The third-order valence-corrected chi connectivity index (χ3v) is 1.86. The van der Waals surface area contributed by atoms with E-state index in [1.807, 2.05) is 6.92 Å². The molecule has 0 aromatic heterocycles. The zero-order valence-corrected chi connectivity index (χ0v) is 7.72. The maximum absolute atomic E-state index is 10.7. The van der Waals surface area contributed by atoms with Crippen LogP contribution in [-0.2, 0) is 9.53 Å². The van der Waals surface area contributed by atoms with Crippen LogP contribution < -0.4 is 0 Å². The van der Waals surface area contributed by atoms with Crippen LogP contribution in [0.5, 0.6) is 0 Å². The second-order valence-corrected chi connectivity index (χ2v) is 2.88. The molecule has 2 nitrogen and oxygen atoms in total. The average molecular weight is 158 g/mol. The van der Waals surface area contributed by atoms with Gasteiger partial charge in [-0.25, -0.2) is 0 Å². The molecule has 0 aromatic rings. The van der Waals surface area contributed by atoms with Crippen molar-refractivity contribution in [2.75, 3.05) is 6.61 Å². The molecule has 0 aliphatic rings. The Morgan fingerprint density at radius 3 is 2.55 bits per heavy atom. The minimum atomic E-state index is -0.0895. The fraction of sp³-hybridized carbons (Fsp3) is 0.889. The lowest BCUT2D eigenvalue weighted by molar-refractivity contribution is -0.143. The maximum Gasteiger partial charge on any atom is 0.305 e. The van der Waals surface area contributed by atoms with Gasteiger partial charge in [0.2, 0.25) is 0 Å². The Morgan fingerprint density at radius 1 is 1.45 bits per heavy atom. The summed E-state index contributed by atoms with van der Waals surface area (Å²) in [6.07, 6.45) is 2.63. The Balaban J connectivity index is 3.20. The monoisotopic (exact) mass is 158 g/mol. The van der Waals surface area contributed by atoms with Crippen molar-refractivity contribution in [1.82, 2.24) is 0 Å². The largest absolute Gasteiger partial charge is 0.466 e. The van der Waals surface area contributed by atoms with E-state index >= 15 is 0 Å². The highest BCUT2D eigenvalue weighted by Gasteiger charge is 2.01. The summed E-state index contributed by atoms with van der Waals surface area (Å²) in [6, 6.07) is 0. The minimum absolute atomic E-state index is 0.0895. The van der Waals surface area contributed by atoms with E-state index in [-0.39, 0.29) is 5.97 Å². The van der Waals surface area contributed by atoms with Crippen LogP contribution in [0.4, 0.5) is 0 Å². The van der Waals surface area contributed by atoms with Crippen LogP contribution in [-0.4, -0.2) is 12.6 Å². The van der Waals surface area contributed by atoms with E-state index in [1.54, 1.807) is 0 Å². The molecule has 0 unspecified atom stereocenters. The number of carbonyl (C=O) groups excluding carboxylic acids is 1. The number of hydrogen-bond acceptors (Lipinski definition) is 2. The van der Waals surface area contributed by atoms with Crippen molar-refractivity contribution in [3.8, 4) is 0 Å². The first-order chi connectivity index (χ1) is 5.20. The van der Waals surface area contributed by atoms with Gasteiger partial charge in [-0.1, -0.05) is 27.2 Å². The van der Waals surface area contributed by atoms with Gasteiger partial charge in [0.05, 0.1) is 6.61 Å². The maximum atomic E-state index is 10.7. The highest BCUT2D eigenvalue weighted by Crippen LogP contribution is 2.05. The van der Waals surface area contributed by atoms with Crippen LogP contribution in [0, 0.1) is 5.92 Å². The molecule has 0 aromatic carbocycles. The average Bonchev–Trinajstić information content (AvgIpc) is 2.04. The summed E-state index contributed by atoms with van der Waals surface area (Å²) < 4.78 is 4.92. The van der Waals surface area contributed by atoms with Gasteiger partial charge in [-0.15, -0.1) is 0 Å². The summed E-state index contributed by atoms with van der Waals surface area (Å²) >= 11 is 0. The Bertz CT molecular complexity index is 110. The fourth-order valence-electron chi connectivity index (χ4n) is 0.680. The van der Waals surface area contributed by atoms with Crippen molar-refractivity contribution in [2.24, 2.45) is 5.92 Å². The Kier molecular flexibility index (Phi) is 5.90. The Hall–Kier alpha value is -0.530. The molecule has 11 heavy (non-hydrogen) atoms. The topological polar surface area (TPSA) is 26.3 Å². The molecule has 0 fully saturated rings. The summed E-state index contributed by atoms with van der Waals surface area (Å²) in [5.41, 5.74) is 0. The van der Waals surface area contributed by atoms with Crippen molar-refractivity contribution in [1.29, 1.82) is 0 Å². The van der Waals surface area contributed by atoms with Gasteiger partial charge in [-0.05, 0) is 12.3 Å².